The third kappa shape index (κ3) is 14.5. The van der Waals surface area contributed by atoms with E-state index in [-0.39, 0.29) is 0 Å². The predicted octanol–water partition coefficient (Wildman–Crippen LogP) is 3.53. The Balaban J connectivity index is 3.52. The highest BCUT2D eigenvalue weighted by Crippen LogP contribution is 2.05. The fraction of sp³-hybridized carbons (Fsp3) is 0.611. The first-order chi connectivity index (χ1) is 10.2. The smallest absolute Gasteiger partial charge is 0.332 e. The van der Waals surface area contributed by atoms with Crippen molar-refractivity contribution in [2.45, 2.75) is 70.8 Å². The molecule has 1 atom stereocenters. The molecule has 1 unspecified atom stereocenters. The molecule has 0 aliphatic heterocycles. The van der Waals surface area contributed by atoms with Gasteiger partial charge in [0.1, 0.15) is 0 Å². The number of hydrogen-bond acceptors (Lipinski definition) is 2. The number of allylic oxidation sites excluding steroid dienone is 2. The average Bonchev–Trinajstić information content (AvgIpc) is 2.47. The maximum Gasteiger partial charge on any atom is 0.332 e. The minimum absolute atomic E-state index is 0.311. The number of aliphatic hydroxyl groups is 1. The zero-order chi connectivity index (χ0) is 15.8. The van der Waals surface area contributed by atoms with Gasteiger partial charge in [-0.3, -0.25) is 0 Å². The van der Waals surface area contributed by atoms with Gasteiger partial charge in [-0.2, -0.15) is 0 Å². The zero-order valence-electron chi connectivity index (χ0n) is 12.9. The summed E-state index contributed by atoms with van der Waals surface area (Å²) < 4.78 is 0. The van der Waals surface area contributed by atoms with Crippen LogP contribution in [0.3, 0.4) is 0 Å². The van der Waals surface area contributed by atoms with Crippen LogP contribution in [0.1, 0.15) is 64.7 Å². The van der Waals surface area contributed by atoms with Crippen molar-refractivity contribution in [1.29, 1.82) is 0 Å². The Morgan fingerprint density at radius 2 is 1.95 bits per heavy atom. The Hall–Kier alpha value is -1.71. The number of rotatable bonds is 10. The van der Waals surface area contributed by atoms with Crippen molar-refractivity contribution in [2.24, 2.45) is 0 Å². The number of aliphatic carboxylic acids is 1. The van der Waals surface area contributed by atoms with Gasteiger partial charge < -0.3 is 10.2 Å². The van der Waals surface area contributed by atoms with E-state index < -0.39 is 12.1 Å². The number of carbonyl (C=O) groups is 1. The second kappa shape index (κ2) is 14.7. The van der Waals surface area contributed by atoms with Gasteiger partial charge in [0.2, 0.25) is 0 Å². The summed E-state index contributed by atoms with van der Waals surface area (Å²) in [6, 6.07) is 0. The molecule has 0 fully saturated rings. The summed E-state index contributed by atoms with van der Waals surface area (Å²) in [6.07, 6.45) is 11.1. The van der Waals surface area contributed by atoms with Gasteiger partial charge in [0, 0.05) is 6.42 Å². The van der Waals surface area contributed by atoms with Crippen LogP contribution in [0.5, 0.6) is 0 Å². The standard InChI is InChI=1S/C18H26O3/c1-2-3-4-5-6-7-8-9-10-11-12-13-14-15-16-17(19)18(20)21/h6-7,17,19H,2-5,12-16H2,1H3,(H,20,21)/b7-6+. The van der Waals surface area contributed by atoms with Gasteiger partial charge in [-0.25, -0.2) is 4.79 Å². The molecule has 0 bridgehead atoms. The van der Waals surface area contributed by atoms with Crippen LogP contribution in [0.15, 0.2) is 12.2 Å². The van der Waals surface area contributed by atoms with E-state index in [1.54, 1.807) is 0 Å². The summed E-state index contributed by atoms with van der Waals surface area (Å²) in [6.45, 7) is 2.19. The SMILES string of the molecule is CCCCC/C=C/C#CC#CCCCCCC(O)C(=O)O. The third-order valence-corrected chi connectivity index (χ3v) is 2.96. The molecular formula is C18H26O3. The van der Waals surface area contributed by atoms with Gasteiger partial charge in [0.25, 0.3) is 0 Å². The number of hydrogen-bond donors (Lipinski definition) is 2. The molecule has 0 aliphatic carbocycles. The molecule has 0 amide bonds. The van der Waals surface area contributed by atoms with Crippen LogP contribution < -0.4 is 0 Å². The number of carboxylic acid groups (broad SMARTS) is 1. The lowest BCUT2D eigenvalue weighted by Crippen LogP contribution is -2.18. The van der Waals surface area contributed by atoms with Gasteiger partial charge in [-0.05, 0) is 43.6 Å². The fourth-order valence-electron chi connectivity index (χ4n) is 1.69. The molecule has 0 radical (unpaired) electrons. The molecule has 21 heavy (non-hydrogen) atoms. The molecule has 2 N–H and O–H groups in total. The molecule has 0 aromatic heterocycles. The number of aliphatic hydroxyl groups excluding tert-OH is 1. The quantitative estimate of drug-likeness (QED) is 0.478. The Kier molecular flexibility index (Phi) is 13.5. The summed E-state index contributed by atoms with van der Waals surface area (Å²) >= 11 is 0. The average molecular weight is 290 g/mol. The van der Waals surface area contributed by atoms with Gasteiger partial charge in [0.05, 0.1) is 0 Å². The van der Waals surface area contributed by atoms with E-state index in [2.05, 4.69) is 36.7 Å². The van der Waals surface area contributed by atoms with Crippen molar-refractivity contribution in [1.82, 2.24) is 0 Å². The molecule has 0 saturated heterocycles. The Morgan fingerprint density at radius 3 is 2.67 bits per heavy atom. The van der Waals surface area contributed by atoms with Crippen LogP contribution in [-0.2, 0) is 4.79 Å². The first-order valence-electron chi connectivity index (χ1n) is 7.72. The van der Waals surface area contributed by atoms with Crippen molar-refractivity contribution in [3.63, 3.8) is 0 Å². The van der Waals surface area contributed by atoms with E-state index in [1.165, 1.54) is 19.3 Å². The first-order valence-corrected chi connectivity index (χ1v) is 7.72. The van der Waals surface area contributed by atoms with E-state index in [9.17, 15) is 4.79 Å². The van der Waals surface area contributed by atoms with Gasteiger partial charge in [0.15, 0.2) is 6.10 Å². The van der Waals surface area contributed by atoms with Gasteiger partial charge in [-0.1, -0.05) is 50.5 Å². The number of carboxylic acids is 1. The van der Waals surface area contributed by atoms with Crippen LogP contribution in [0, 0.1) is 23.7 Å². The van der Waals surface area contributed by atoms with Crippen molar-refractivity contribution in [3.8, 4) is 23.7 Å². The summed E-state index contributed by atoms with van der Waals surface area (Å²) in [5.41, 5.74) is 0. The summed E-state index contributed by atoms with van der Waals surface area (Å²) in [5, 5.41) is 17.6. The molecule has 0 heterocycles. The van der Waals surface area contributed by atoms with Gasteiger partial charge >= 0.3 is 5.97 Å². The van der Waals surface area contributed by atoms with Crippen molar-refractivity contribution >= 4 is 5.97 Å². The molecule has 0 aromatic rings. The van der Waals surface area contributed by atoms with E-state index in [1.807, 2.05) is 6.08 Å². The maximum atomic E-state index is 10.4. The maximum absolute atomic E-state index is 10.4. The zero-order valence-corrected chi connectivity index (χ0v) is 12.9. The lowest BCUT2D eigenvalue weighted by molar-refractivity contribution is -0.146. The Morgan fingerprint density at radius 1 is 1.14 bits per heavy atom. The Bertz CT molecular complexity index is 415. The lowest BCUT2D eigenvalue weighted by Gasteiger charge is -2.03. The first kappa shape index (κ1) is 19.3. The molecule has 0 saturated carbocycles. The highest BCUT2D eigenvalue weighted by molar-refractivity contribution is 5.71. The van der Waals surface area contributed by atoms with Crippen molar-refractivity contribution in [3.05, 3.63) is 12.2 Å². The highest BCUT2D eigenvalue weighted by Gasteiger charge is 2.11. The molecule has 0 aromatic carbocycles. The second-order valence-electron chi connectivity index (χ2n) is 4.92. The topological polar surface area (TPSA) is 57.5 Å². The van der Waals surface area contributed by atoms with E-state index in [4.69, 9.17) is 10.2 Å². The largest absolute Gasteiger partial charge is 0.479 e. The predicted molar refractivity (Wildman–Crippen MR) is 85.6 cm³/mol. The van der Waals surface area contributed by atoms with E-state index in [0.29, 0.717) is 12.8 Å². The van der Waals surface area contributed by atoms with Crippen LogP contribution in [0.2, 0.25) is 0 Å². The lowest BCUT2D eigenvalue weighted by atomic mass is 10.1. The minimum Gasteiger partial charge on any atom is -0.479 e. The highest BCUT2D eigenvalue weighted by atomic mass is 16.4. The number of unbranched alkanes of at least 4 members (excludes halogenated alkanes) is 6. The van der Waals surface area contributed by atoms with Crippen LogP contribution >= 0.6 is 0 Å². The molecule has 3 heteroatoms. The van der Waals surface area contributed by atoms with Crippen molar-refractivity contribution < 1.29 is 15.0 Å². The molecule has 0 aliphatic rings. The summed E-state index contributed by atoms with van der Waals surface area (Å²) in [7, 11) is 0. The molecule has 0 spiro atoms. The van der Waals surface area contributed by atoms with Crippen LogP contribution in [0.4, 0.5) is 0 Å². The minimum atomic E-state index is -1.23. The second-order valence-corrected chi connectivity index (χ2v) is 4.92. The van der Waals surface area contributed by atoms with E-state index in [0.717, 1.165) is 25.7 Å². The summed E-state index contributed by atoms with van der Waals surface area (Å²) in [4.78, 5) is 10.4. The molecule has 3 nitrogen and oxygen atoms in total. The molecule has 116 valence electrons. The van der Waals surface area contributed by atoms with Crippen LogP contribution in [-0.4, -0.2) is 22.3 Å². The summed E-state index contributed by atoms with van der Waals surface area (Å²) in [5.74, 6) is 10.3. The molecule has 0 rings (SSSR count). The Labute approximate surface area is 128 Å². The van der Waals surface area contributed by atoms with Crippen molar-refractivity contribution in [2.75, 3.05) is 0 Å². The van der Waals surface area contributed by atoms with Gasteiger partial charge in [-0.15, -0.1) is 0 Å². The monoisotopic (exact) mass is 290 g/mol. The normalized spacial score (nSPS) is 11.3. The molecular weight excluding hydrogens is 264 g/mol. The fourth-order valence-corrected chi connectivity index (χ4v) is 1.69. The third-order valence-electron chi connectivity index (χ3n) is 2.96. The van der Waals surface area contributed by atoms with E-state index >= 15 is 0 Å². The van der Waals surface area contributed by atoms with Crippen LogP contribution in [0.25, 0.3) is 0 Å².